The van der Waals surface area contributed by atoms with E-state index in [4.69, 9.17) is 5.73 Å². The largest absolute Gasteiger partial charge is 0.388 e. The predicted octanol–water partition coefficient (Wildman–Crippen LogP) is 1.07. The van der Waals surface area contributed by atoms with Crippen LogP contribution in [-0.4, -0.2) is 73.7 Å². The van der Waals surface area contributed by atoms with Gasteiger partial charge in [-0.25, -0.2) is 4.98 Å². The summed E-state index contributed by atoms with van der Waals surface area (Å²) in [4.78, 5) is 21.5. The van der Waals surface area contributed by atoms with Gasteiger partial charge in [0.2, 0.25) is 0 Å². The third-order valence-corrected chi connectivity index (χ3v) is 5.79. The van der Waals surface area contributed by atoms with Gasteiger partial charge in [-0.3, -0.25) is 4.79 Å². The molecule has 4 heterocycles. The number of carbonyl (C=O) groups is 1. The van der Waals surface area contributed by atoms with Gasteiger partial charge in [0.25, 0.3) is 5.91 Å². The number of anilines is 1. The van der Waals surface area contributed by atoms with Gasteiger partial charge in [-0.05, 0) is 52.1 Å². The van der Waals surface area contributed by atoms with Crippen LogP contribution in [0, 0.1) is 6.92 Å². The number of β-amino-alcohol motifs (C(OH)–C–C–N with tert-alkyl or cyclic N) is 1. The van der Waals surface area contributed by atoms with Crippen molar-refractivity contribution >= 4 is 17.4 Å². The van der Waals surface area contributed by atoms with Crippen molar-refractivity contribution in [2.75, 3.05) is 38.5 Å². The van der Waals surface area contributed by atoms with Crippen LogP contribution in [0.5, 0.6) is 0 Å². The molecule has 1 amide bonds. The molecular weight excluding hydrogens is 344 g/mol. The SMILES string of the molecule is Cc1cc2ncc(C(=O)N3CCCC(O)(CN4CCCC4)CC3)c(N)n2n1. The minimum absolute atomic E-state index is 0.138. The first-order chi connectivity index (χ1) is 13.0. The van der Waals surface area contributed by atoms with Gasteiger partial charge in [-0.2, -0.15) is 9.61 Å². The molecule has 3 N–H and O–H groups in total. The van der Waals surface area contributed by atoms with Gasteiger partial charge in [0.1, 0.15) is 11.4 Å². The molecule has 2 aromatic heterocycles. The van der Waals surface area contributed by atoms with Gasteiger partial charge >= 0.3 is 0 Å². The number of hydrogen-bond acceptors (Lipinski definition) is 6. The minimum Gasteiger partial charge on any atom is -0.388 e. The summed E-state index contributed by atoms with van der Waals surface area (Å²) in [7, 11) is 0. The van der Waals surface area contributed by atoms with E-state index < -0.39 is 5.60 Å². The Labute approximate surface area is 159 Å². The number of aliphatic hydroxyl groups is 1. The summed E-state index contributed by atoms with van der Waals surface area (Å²) < 4.78 is 1.52. The molecule has 0 aromatic carbocycles. The molecule has 2 aliphatic rings. The lowest BCUT2D eigenvalue weighted by Crippen LogP contribution is -2.43. The number of nitrogens with two attached hydrogens (primary N) is 1. The highest BCUT2D eigenvalue weighted by molar-refractivity contribution is 5.98. The van der Waals surface area contributed by atoms with E-state index in [-0.39, 0.29) is 5.91 Å². The zero-order valence-corrected chi connectivity index (χ0v) is 15.9. The molecule has 2 saturated heterocycles. The molecular formula is C19H28N6O2. The number of carbonyl (C=O) groups excluding carboxylic acids is 1. The molecule has 4 rings (SSSR count). The van der Waals surface area contributed by atoms with Gasteiger partial charge in [-0.15, -0.1) is 0 Å². The summed E-state index contributed by atoms with van der Waals surface area (Å²) in [6.45, 7) is 5.85. The third-order valence-electron chi connectivity index (χ3n) is 5.79. The Balaban J connectivity index is 1.48. The van der Waals surface area contributed by atoms with Gasteiger partial charge in [0, 0.05) is 31.9 Å². The van der Waals surface area contributed by atoms with E-state index in [1.165, 1.54) is 23.6 Å². The zero-order chi connectivity index (χ0) is 19.0. The molecule has 0 bridgehead atoms. The van der Waals surface area contributed by atoms with E-state index in [9.17, 15) is 9.90 Å². The third kappa shape index (κ3) is 3.64. The van der Waals surface area contributed by atoms with Crippen LogP contribution in [0.4, 0.5) is 5.82 Å². The maximum atomic E-state index is 13.1. The molecule has 0 radical (unpaired) electrons. The second kappa shape index (κ2) is 7.09. The van der Waals surface area contributed by atoms with E-state index in [0.29, 0.717) is 43.1 Å². The van der Waals surface area contributed by atoms with Crippen molar-refractivity contribution in [3.05, 3.63) is 23.5 Å². The quantitative estimate of drug-likeness (QED) is 0.836. The summed E-state index contributed by atoms with van der Waals surface area (Å²) in [5.74, 6) is 0.176. The highest BCUT2D eigenvalue weighted by Gasteiger charge is 2.34. The Hall–Kier alpha value is -2.19. The number of aryl methyl sites for hydroxylation is 1. The van der Waals surface area contributed by atoms with Crippen molar-refractivity contribution in [3.63, 3.8) is 0 Å². The summed E-state index contributed by atoms with van der Waals surface area (Å²) >= 11 is 0. The highest BCUT2D eigenvalue weighted by Crippen LogP contribution is 2.26. The topological polar surface area (TPSA) is 100.0 Å². The van der Waals surface area contributed by atoms with Crippen LogP contribution in [0.1, 0.15) is 48.2 Å². The van der Waals surface area contributed by atoms with Gasteiger partial charge in [0.15, 0.2) is 5.65 Å². The molecule has 8 heteroatoms. The van der Waals surface area contributed by atoms with Crippen molar-refractivity contribution in [1.82, 2.24) is 24.4 Å². The summed E-state index contributed by atoms with van der Waals surface area (Å²) in [6, 6.07) is 1.83. The normalized spacial score (nSPS) is 24.4. The Bertz CT molecular complexity index is 844. The number of nitrogen functional groups attached to an aromatic ring is 1. The van der Waals surface area contributed by atoms with Gasteiger partial charge < -0.3 is 20.6 Å². The number of hydrogen-bond donors (Lipinski definition) is 2. The van der Waals surface area contributed by atoms with Crippen molar-refractivity contribution in [1.29, 1.82) is 0 Å². The maximum absolute atomic E-state index is 13.1. The predicted molar refractivity (Wildman–Crippen MR) is 103 cm³/mol. The molecule has 2 aliphatic heterocycles. The maximum Gasteiger partial charge on any atom is 0.259 e. The molecule has 2 fully saturated rings. The fourth-order valence-corrected chi connectivity index (χ4v) is 4.30. The van der Waals surface area contributed by atoms with Crippen LogP contribution in [-0.2, 0) is 0 Å². The second-order valence-electron chi connectivity index (χ2n) is 7.97. The van der Waals surface area contributed by atoms with Crippen molar-refractivity contribution < 1.29 is 9.90 Å². The fraction of sp³-hybridized carbons (Fsp3) is 0.632. The van der Waals surface area contributed by atoms with Crippen LogP contribution < -0.4 is 5.73 Å². The Kier molecular flexibility index (Phi) is 4.77. The smallest absolute Gasteiger partial charge is 0.259 e. The van der Waals surface area contributed by atoms with E-state index >= 15 is 0 Å². The Morgan fingerprint density at radius 1 is 1.22 bits per heavy atom. The molecule has 0 aliphatic carbocycles. The average Bonchev–Trinajstić information content (AvgIpc) is 3.22. The molecule has 27 heavy (non-hydrogen) atoms. The van der Waals surface area contributed by atoms with Crippen molar-refractivity contribution in [2.45, 2.75) is 44.6 Å². The number of fused-ring (bicyclic) bond motifs is 1. The van der Waals surface area contributed by atoms with Crippen LogP contribution in [0.3, 0.4) is 0 Å². The first-order valence-corrected chi connectivity index (χ1v) is 9.80. The Morgan fingerprint density at radius 2 is 2.00 bits per heavy atom. The van der Waals surface area contributed by atoms with E-state index in [1.807, 2.05) is 13.0 Å². The van der Waals surface area contributed by atoms with Crippen molar-refractivity contribution in [3.8, 4) is 0 Å². The van der Waals surface area contributed by atoms with Crippen molar-refractivity contribution in [2.24, 2.45) is 0 Å². The first kappa shape index (κ1) is 18.2. The van der Waals surface area contributed by atoms with Crippen LogP contribution in [0.2, 0.25) is 0 Å². The molecule has 8 nitrogen and oxygen atoms in total. The summed E-state index contributed by atoms with van der Waals surface area (Å²) in [5.41, 5.74) is 7.30. The number of likely N-dealkylation sites (tertiary alicyclic amines) is 2. The molecule has 2 aromatic rings. The lowest BCUT2D eigenvalue weighted by atomic mass is 9.94. The van der Waals surface area contributed by atoms with E-state index in [2.05, 4.69) is 15.0 Å². The van der Waals surface area contributed by atoms with Crippen LogP contribution in [0.25, 0.3) is 5.65 Å². The summed E-state index contributed by atoms with van der Waals surface area (Å²) in [5, 5.41) is 15.4. The molecule has 0 spiro atoms. The Morgan fingerprint density at radius 3 is 2.78 bits per heavy atom. The lowest BCUT2D eigenvalue weighted by molar-refractivity contribution is -0.00290. The number of amides is 1. The average molecular weight is 372 g/mol. The standard InChI is InChI=1S/C19H28N6O2/c1-14-11-16-21-12-15(17(20)25(16)22-14)18(26)24-9-4-5-19(27,6-10-24)13-23-7-2-3-8-23/h11-12,27H,2-10,13,20H2,1H3. The molecule has 1 unspecified atom stereocenters. The highest BCUT2D eigenvalue weighted by atomic mass is 16.3. The lowest BCUT2D eigenvalue weighted by Gasteiger charge is -2.31. The van der Waals surface area contributed by atoms with E-state index in [1.54, 1.807) is 4.90 Å². The molecule has 1 atom stereocenters. The summed E-state index contributed by atoms with van der Waals surface area (Å²) in [6.07, 6.45) is 6.05. The number of nitrogens with zero attached hydrogens (tertiary/aromatic N) is 5. The first-order valence-electron chi connectivity index (χ1n) is 9.80. The monoisotopic (exact) mass is 372 g/mol. The van der Waals surface area contributed by atoms with Crippen LogP contribution in [0.15, 0.2) is 12.3 Å². The number of rotatable bonds is 3. The molecule has 146 valence electrons. The van der Waals surface area contributed by atoms with Crippen LogP contribution >= 0.6 is 0 Å². The van der Waals surface area contributed by atoms with E-state index in [0.717, 1.165) is 31.6 Å². The minimum atomic E-state index is -0.716. The molecule has 0 saturated carbocycles. The second-order valence-corrected chi connectivity index (χ2v) is 7.97. The van der Waals surface area contributed by atoms with Gasteiger partial charge in [-0.1, -0.05) is 0 Å². The fourth-order valence-electron chi connectivity index (χ4n) is 4.30. The van der Waals surface area contributed by atoms with Gasteiger partial charge in [0.05, 0.1) is 11.3 Å². The number of aromatic nitrogens is 3. The zero-order valence-electron chi connectivity index (χ0n) is 15.9.